The number of nitrogens with zero attached hydrogens (tertiary/aromatic N) is 2. The molecule has 1 aromatic carbocycles. The van der Waals surface area contributed by atoms with Crippen LogP contribution >= 0.6 is 15.9 Å². The molecule has 1 N–H and O–H groups in total. The predicted molar refractivity (Wildman–Crippen MR) is 82.9 cm³/mol. The van der Waals surface area contributed by atoms with E-state index in [-0.39, 0.29) is 12.6 Å². The Morgan fingerprint density at radius 2 is 2.10 bits per heavy atom. The third-order valence-electron chi connectivity index (χ3n) is 3.41. The molecule has 0 radical (unpaired) electrons. The normalized spacial score (nSPS) is 13.8. The fraction of sp³-hybridized carbons (Fsp3) is 0.467. The van der Waals surface area contributed by atoms with Gasteiger partial charge in [-0.3, -0.25) is 4.79 Å². The van der Waals surface area contributed by atoms with Gasteiger partial charge in [0.1, 0.15) is 6.54 Å². The lowest BCUT2D eigenvalue weighted by Crippen LogP contribution is -2.44. The number of benzene rings is 1. The fourth-order valence-electron chi connectivity index (χ4n) is 2.20. The van der Waals surface area contributed by atoms with Crippen molar-refractivity contribution in [3.05, 3.63) is 34.3 Å². The maximum absolute atomic E-state index is 12.4. The van der Waals surface area contributed by atoms with E-state index >= 15 is 0 Å². The van der Waals surface area contributed by atoms with Crippen molar-refractivity contribution in [2.45, 2.75) is 19.4 Å². The molecule has 1 saturated carbocycles. The Morgan fingerprint density at radius 3 is 2.67 bits per heavy atom. The molecule has 114 valence electrons. The Labute approximate surface area is 132 Å². The van der Waals surface area contributed by atoms with Crippen LogP contribution in [0.15, 0.2) is 28.7 Å². The number of hydrogen-bond donors (Lipinski definition) is 1. The second-order valence-electron chi connectivity index (χ2n) is 5.49. The van der Waals surface area contributed by atoms with Gasteiger partial charge in [-0.2, -0.15) is 0 Å². The predicted octanol–water partition coefficient (Wildman–Crippen LogP) is 2.80. The lowest BCUT2D eigenvalue weighted by molar-refractivity contribution is -0.137. The molecular formula is C15H19BrN2O3. The molecule has 0 unspecified atom stereocenters. The van der Waals surface area contributed by atoms with Crippen molar-refractivity contribution in [2.75, 3.05) is 20.1 Å². The fourth-order valence-corrected chi connectivity index (χ4v) is 2.65. The van der Waals surface area contributed by atoms with Gasteiger partial charge in [0.05, 0.1) is 0 Å². The van der Waals surface area contributed by atoms with Crippen LogP contribution in [-0.2, 0) is 11.3 Å². The van der Waals surface area contributed by atoms with E-state index < -0.39 is 5.97 Å². The molecule has 0 aromatic heterocycles. The van der Waals surface area contributed by atoms with Crippen molar-refractivity contribution in [1.82, 2.24) is 9.80 Å². The Hall–Kier alpha value is -1.56. The summed E-state index contributed by atoms with van der Waals surface area (Å²) in [6.45, 7) is 0.755. The molecule has 2 amide bonds. The minimum Gasteiger partial charge on any atom is -0.480 e. The van der Waals surface area contributed by atoms with E-state index in [0.29, 0.717) is 19.0 Å². The van der Waals surface area contributed by atoms with Gasteiger partial charge >= 0.3 is 12.0 Å². The number of carboxylic acid groups (broad SMARTS) is 1. The Balaban J connectivity index is 1.98. The Bertz CT molecular complexity index is 531. The highest BCUT2D eigenvalue weighted by molar-refractivity contribution is 9.10. The van der Waals surface area contributed by atoms with Crippen molar-refractivity contribution in [3.8, 4) is 0 Å². The summed E-state index contributed by atoms with van der Waals surface area (Å²) < 4.78 is 0.959. The van der Waals surface area contributed by atoms with Gasteiger partial charge in [-0.1, -0.05) is 28.1 Å². The van der Waals surface area contributed by atoms with Crippen molar-refractivity contribution < 1.29 is 14.7 Å². The number of rotatable bonds is 6. The highest BCUT2D eigenvalue weighted by Gasteiger charge is 2.29. The zero-order chi connectivity index (χ0) is 15.4. The van der Waals surface area contributed by atoms with E-state index in [1.807, 2.05) is 24.3 Å². The third-order valence-corrected chi connectivity index (χ3v) is 3.90. The van der Waals surface area contributed by atoms with Gasteiger partial charge in [-0.15, -0.1) is 0 Å². The Kier molecular flexibility index (Phi) is 5.22. The molecule has 0 spiro atoms. The molecular weight excluding hydrogens is 336 g/mol. The van der Waals surface area contributed by atoms with Crippen LogP contribution in [0.3, 0.4) is 0 Å². The van der Waals surface area contributed by atoms with Crippen LogP contribution in [0.5, 0.6) is 0 Å². The number of carbonyl (C=O) groups is 2. The van der Waals surface area contributed by atoms with E-state index in [9.17, 15) is 9.59 Å². The van der Waals surface area contributed by atoms with Gasteiger partial charge in [0, 0.05) is 24.6 Å². The van der Waals surface area contributed by atoms with Gasteiger partial charge in [-0.05, 0) is 36.5 Å². The summed E-state index contributed by atoms with van der Waals surface area (Å²) in [4.78, 5) is 26.3. The molecule has 0 heterocycles. The standard InChI is InChI=1S/C15H19BrN2O3/c1-17(8-12-3-2-4-13(16)7-12)15(21)18(10-14(19)20)9-11-5-6-11/h2-4,7,11H,5-6,8-10H2,1H3,(H,19,20). The monoisotopic (exact) mass is 354 g/mol. The van der Waals surface area contributed by atoms with Gasteiger partial charge < -0.3 is 14.9 Å². The van der Waals surface area contributed by atoms with Gasteiger partial charge in [0.2, 0.25) is 0 Å². The summed E-state index contributed by atoms with van der Waals surface area (Å²) >= 11 is 3.40. The number of urea groups is 1. The molecule has 1 aliphatic carbocycles. The molecule has 6 heteroatoms. The zero-order valence-electron chi connectivity index (χ0n) is 12.0. The lowest BCUT2D eigenvalue weighted by Gasteiger charge is -2.27. The minimum atomic E-state index is -0.972. The minimum absolute atomic E-state index is 0.232. The zero-order valence-corrected chi connectivity index (χ0v) is 13.5. The summed E-state index contributed by atoms with van der Waals surface area (Å²) in [5, 5.41) is 8.96. The topological polar surface area (TPSA) is 60.9 Å². The highest BCUT2D eigenvalue weighted by atomic mass is 79.9. The average Bonchev–Trinajstić information content (AvgIpc) is 3.20. The molecule has 2 rings (SSSR count). The first-order chi connectivity index (χ1) is 9.95. The molecule has 21 heavy (non-hydrogen) atoms. The number of carboxylic acids is 1. The summed E-state index contributed by atoms with van der Waals surface area (Å²) in [7, 11) is 1.70. The van der Waals surface area contributed by atoms with Gasteiger partial charge in [0.25, 0.3) is 0 Å². The maximum atomic E-state index is 12.4. The van der Waals surface area contributed by atoms with E-state index in [2.05, 4.69) is 15.9 Å². The average molecular weight is 355 g/mol. The molecule has 5 nitrogen and oxygen atoms in total. The molecule has 1 fully saturated rings. The summed E-state index contributed by atoms with van der Waals surface area (Å²) in [6.07, 6.45) is 2.16. The summed E-state index contributed by atoms with van der Waals surface area (Å²) in [6, 6.07) is 7.50. The number of hydrogen-bond acceptors (Lipinski definition) is 2. The van der Waals surface area contributed by atoms with Crippen LogP contribution < -0.4 is 0 Å². The van der Waals surface area contributed by atoms with Crippen molar-refractivity contribution >= 4 is 27.9 Å². The van der Waals surface area contributed by atoms with Crippen molar-refractivity contribution in [3.63, 3.8) is 0 Å². The highest BCUT2D eigenvalue weighted by Crippen LogP contribution is 2.30. The lowest BCUT2D eigenvalue weighted by atomic mass is 10.2. The molecule has 0 saturated heterocycles. The van der Waals surface area contributed by atoms with Gasteiger partial charge in [0.15, 0.2) is 0 Å². The van der Waals surface area contributed by atoms with Gasteiger partial charge in [-0.25, -0.2) is 4.79 Å². The first kappa shape index (κ1) is 15.8. The number of amides is 2. The first-order valence-electron chi connectivity index (χ1n) is 6.92. The quantitative estimate of drug-likeness (QED) is 0.854. The van der Waals surface area contributed by atoms with Crippen LogP contribution in [0.1, 0.15) is 18.4 Å². The van der Waals surface area contributed by atoms with Crippen LogP contribution in [0.4, 0.5) is 4.79 Å². The molecule has 1 aliphatic rings. The Morgan fingerprint density at radius 1 is 1.38 bits per heavy atom. The number of carbonyl (C=O) groups excluding carboxylic acids is 1. The van der Waals surface area contributed by atoms with Crippen LogP contribution in [-0.4, -0.2) is 47.0 Å². The SMILES string of the molecule is CN(Cc1cccc(Br)c1)C(=O)N(CC(=O)O)CC1CC1. The van der Waals surface area contributed by atoms with E-state index in [1.165, 1.54) is 4.90 Å². The smallest absolute Gasteiger partial charge is 0.323 e. The van der Waals surface area contributed by atoms with E-state index in [4.69, 9.17) is 5.11 Å². The van der Waals surface area contributed by atoms with E-state index in [1.54, 1.807) is 11.9 Å². The number of halogens is 1. The molecule has 0 atom stereocenters. The van der Waals surface area contributed by atoms with Crippen LogP contribution in [0.25, 0.3) is 0 Å². The maximum Gasteiger partial charge on any atom is 0.323 e. The summed E-state index contributed by atoms with van der Waals surface area (Å²) in [5.74, 6) is -0.507. The molecule has 1 aromatic rings. The second kappa shape index (κ2) is 6.93. The van der Waals surface area contributed by atoms with E-state index in [0.717, 1.165) is 22.9 Å². The third kappa shape index (κ3) is 5.04. The summed E-state index contributed by atoms with van der Waals surface area (Å²) in [5.41, 5.74) is 1.00. The number of aliphatic carboxylic acids is 1. The first-order valence-corrected chi connectivity index (χ1v) is 7.71. The van der Waals surface area contributed by atoms with Crippen LogP contribution in [0, 0.1) is 5.92 Å². The van der Waals surface area contributed by atoms with Crippen molar-refractivity contribution in [2.24, 2.45) is 5.92 Å². The van der Waals surface area contributed by atoms with Crippen LogP contribution in [0.2, 0.25) is 0 Å². The molecule has 0 aliphatic heterocycles. The van der Waals surface area contributed by atoms with Crippen molar-refractivity contribution in [1.29, 1.82) is 0 Å². The molecule has 0 bridgehead atoms. The largest absolute Gasteiger partial charge is 0.480 e. The second-order valence-corrected chi connectivity index (χ2v) is 6.40.